The second-order valence-electron chi connectivity index (χ2n) is 6.97. The van der Waals surface area contributed by atoms with Crippen LogP contribution in [-0.2, 0) is 14.2 Å². The fourth-order valence-corrected chi connectivity index (χ4v) is 6.48. The first-order valence-corrected chi connectivity index (χ1v) is 7.41. The Hall–Kier alpha value is -0.120. The van der Waals surface area contributed by atoms with Crippen LogP contribution in [0.3, 0.4) is 0 Å². The first-order chi connectivity index (χ1) is 8.67. The average molecular weight is 252 g/mol. The highest BCUT2D eigenvalue weighted by Crippen LogP contribution is 2.85. The number of hydrogen-bond acceptors (Lipinski definition) is 3. The zero-order valence-electron chi connectivity index (χ0n) is 11.6. The lowest BCUT2D eigenvalue weighted by Gasteiger charge is -2.47. The molecule has 3 nitrogen and oxygen atoms in total. The van der Waals surface area contributed by atoms with E-state index in [9.17, 15) is 0 Å². The van der Waals surface area contributed by atoms with E-state index in [-0.39, 0.29) is 5.60 Å². The Morgan fingerprint density at radius 3 is 2.89 bits per heavy atom. The van der Waals surface area contributed by atoms with Crippen LogP contribution < -0.4 is 0 Å². The molecule has 0 aromatic heterocycles. The van der Waals surface area contributed by atoms with Gasteiger partial charge in [0.05, 0.1) is 11.7 Å². The van der Waals surface area contributed by atoms with Crippen molar-refractivity contribution in [3.63, 3.8) is 0 Å². The molecule has 1 heterocycles. The van der Waals surface area contributed by atoms with E-state index in [0.717, 1.165) is 36.7 Å². The summed E-state index contributed by atoms with van der Waals surface area (Å²) < 4.78 is 16.6. The van der Waals surface area contributed by atoms with Crippen molar-refractivity contribution in [3.8, 4) is 0 Å². The van der Waals surface area contributed by atoms with Gasteiger partial charge >= 0.3 is 0 Å². The molecule has 4 aliphatic carbocycles. The van der Waals surface area contributed by atoms with E-state index in [4.69, 9.17) is 14.2 Å². The second-order valence-corrected chi connectivity index (χ2v) is 6.97. The van der Waals surface area contributed by atoms with Crippen LogP contribution in [-0.4, -0.2) is 32.2 Å². The van der Waals surface area contributed by atoms with Crippen LogP contribution in [0, 0.1) is 29.1 Å². The summed E-state index contributed by atoms with van der Waals surface area (Å²) in [6.45, 7) is 6.11. The minimum Gasteiger partial charge on any atom is -0.370 e. The van der Waals surface area contributed by atoms with Gasteiger partial charge in [-0.2, -0.15) is 0 Å². The molecule has 18 heavy (non-hydrogen) atoms. The number of methoxy groups -OCH3 is 1. The van der Waals surface area contributed by atoms with Gasteiger partial charge in [-0.1, -0.05) is 6.92 Å². The summed E-state index contributed by atoms with van der Waals surface area (Å²) in [4.78, 5) is 0. The highest BCUT2D eigenvalue weighted by molar-refractivity contribution is 5.35. The molecule has 1 saturated heterocycles. The topological polar surface area (TPSA) is 27.7 Å². The van der Waals surface area contributed by atoms with Gasteiger partial charge in [-0.15, -0.1) is 0 Å². The van der Waals surface area contributed by atoms with Crippen LogP contribution in [0.2, 0.25) is 0 Å². The molecular formula is C15H24O3. The van der Waals surface area contributed by atoms with Gasteiger partial charge in [0.15, 0.2) is 0 Å². The van der Waals surface area contributed by atoms with Gasteiger partial charge in [-0.05, 0) is 43.9 Å². The molecule has 4 saturated carbocycles. The van der Waals surface area contributed by atoms with E-state index in [1.165, 1.54) is 12.8 Å². The number of hydrogen-bond donors (Lipinski definition) is 0. The molecule has 3 heteroatoms. The maximum atomic E-state index is 6.26. The van der Waals surface area contributed by atoms with E-state index < -0.39 is 0 Å². The molecule has 7 atom stereocenters. The summed E-state index contributed by atoms with van der Waals surface area (Å²) in [5.41, 5.74) is 0.690. The van der Waals surface area contributed by atoms with Crippen molar-refractivity contribution in [3.05, 3.63) is 0 Å². The SMILES string of the molecule is COCOCCC[C@]12[C@H](C)[C@@H]3C[C@H]1[C@@H]1O[C@@]2(C)[C@@H]31. The lowest BCUT2D eigenvalue weighted by atomic mass is 9.67. The maximum Gasteiger partial charge on any atom is 0.146 e. The van der Waals surface area contributed by atoms with Crippen molar-refractivity contribution in [1.82, 2.24) is 0 Å². The zero-order chi connectivity index (χ0) is 12.5. The van der Waals surface area contributed by atoms with Gasteiger partial charge < -0.3 is 14.2 Å². The third-order valence-electron chi connectivity index (χ3n) is 6.88. The van der Waals surface area contributed by atoms with E-state index in [2.05, 4.69) is 13.8 Å². The van der Waals surface area contributed by atoms with Gasteiger partial charge in [0.1, 0.15) is 6.79 Å². The molecule has 0 aromatic carbocycles. The molecule has 5 aliphatic rings. The van der Waals surface area contributed by atoms with Crippen LogP contribution in [0.5, 0.6) is 0 Å². The molecular weight excluding hydrogens is 228 g/mol. The van der Waals surface area contributed by atoms with E-state index in [1.54, 1.807) is 7.11 Å². The Morgan fingerprint density at radius 2 is 2.22 bits per heavy atom. The van der Waals surface area contributed by atoms with Crippen LogP contribution in [0.4, 0.5) is 0 Å². The summed E-state index contributed by atoms with van der Waals surface area (Å²) in [5.74, 6) is 3.56. The van der Waals surface area contributed by atoms with E-state index in [0.29, 0.717) is 18.3 Å². The normalized spacial score (nSPS) is 58.5. The fourth-order valence-electron chi connectivity index (χ4n) is 6.48. The molecule has 0 amide bonds. The van der Waals surface area contributed by atoms with Crippen molar-refractivity contribution in [1.29, 1.82) is 0 Å². The van der Waals surface area contributed by atoms with Crippen molar-refractivity contribution in [2.24, 2.45) is 29.1 Å². The summed E-state index contributed by atoms with van der Waals surface area (Å²) in [7, 11) is 1.68. The summed E-state index contributed by atoms with van der Waals surface area (Å²) >= 11 is 0. The van der Waals surface area contributed by atoms with Crippen LogP contribution in [0.15, 0.2) is 0 Å². The summed E-state index contributed by atoms with van der Waals surface area (Å²) in [6.07, 6.45) is 4.49. The molecule has 5 rings (SSSR count). The quantitative estimate of drug-likeness (QED) is 0.537. The minimum atomic E-state index is 0.214. The predicted molar refractivity (Wildman–Crippen MR) is 67.0 cm³/mol. The van der Waals surface area contributed by atoms with E-state index >= 15 is 0 Å². The van der Waals surface area contributed by atoms with Crippen molar-refractivity contribution < 1.29 is 14.2 Å². The Kier molecular flexibility index (Phi) is 2.27. The Morgan fingerprint density at radius 1 is 1.39 bits per heavy atom. The fraction of sp³-hybridized carbons (Fsp3) is 1.00. The molecule has 0 aromatic rings. The summed E-state index contributed by atoms with van der Waals surface area (Å²) in [6, 6.07) is 0. The molecule has 6 bridgehead atoms. The van der Waals surface area contributed by atoms with Crippen LogP contribution >= 0.6 is 0 Å². The van der Waals surface area contributed by atoms with Crippen LogP contribution in [0.1, 0.15) is 33.1 Å². The Labute approximate surface area is 109 Å². The van der Waals surface area contributed by atoms with Gasteiger partial charge in [-0.3, -0.25) is 0 Å². The Balaban J connectivity index is 1.47. The van der Waals surface area contributed by atoms with Crippen molar-refractivity contribution in [2.75, 3.05) is 20.5 Å². The molecule has 0 N–H and O–H groups in total. The number of rotatable bonds is 6. The third kappa shape index (κ3) is 0.981. The lowest BCUT2D eigenvalue weighted by Crippen LogP contribution is -2.52. The monoisotopic (exact) mass is 252 g/mol. The highest BCUT2D eigenvalue weighted by atomic mass is 16.7. The van der Waals surface area contributed by atoms with Gasteiger partial charge in [-0.25, -0.2) is 0 Å². The zero-order valence-corrected chi connectivity index (χ0v) is 11.6. The molecule has 0 spiro atoms. The first kappa shape index (κ1) is 11.7. The second kappa shape index (κ2) is 3.50. The molecule has 102 valence electrons. The standard InChI is InChI=1S/C15H24O3/c1-9-10-7-11-13-12(10)14(2,18-13)15(9,11)5-4-6-17-8-16-3/h9-13H,4-8H2,1-3H3/t9-,10+,11+,12+,13+,14+,15+/m1/s1. The predicted octanol–water partition coefficient (Wildman–Crippen LogP) is 2.45. The van der Waals surface area contributed by atoms with Gasteiger partial charge in [0.25, 0.3) is 0 Å². The summed E-state index contributed by atoms with van der Waals surface area (Å²) in [5, 5.41) is 0. The van der Waals surface area contributed by atoms with Gasteiger partial charge in [0, 0.05) is 25.0 Å². The minimum absolute atomic E-state index is 0.214. The largest absolute Gasteiger partial charge is 0.370 e. The molecule has 1 aliphatic heterocycles. The third-order valence-corrected chi connectivity index (χ3v) is 6.88. The molecule has 0 radical (unpaired) electrons. The van der Waals surface area contributed by atoms with E-state index in [1.807, 2.05) is 0 Å². The van der Waals surface area contributed by atoms with Crippen molar-refractivity contribution >= 4 is 0 Å². The molecule has 5 fully saturated rings. The average Bonchev–Trinajstić information content (AvgIpc) is 2.95. The lowest BCUT2D eigenvalue weighted by molar-refractivity contribution is -0.210. The highest BCUT2D eigenvalue weighted by Gasteiger charge is 2.88. The smallest absolute Gasteiger partial charge is 0.146 e. The van der Waals surface area contributed by atoms with Crippen LogP contribution in [0.25, 0.3) is 0 Å². The number of ether oxygens (including phenoxy) is 3. The first-order valence-electron chi connectivity index (χ1n) is 7.41. The Bertz CT molecular complexity index is 371. The maximum absolute atomic E-state index is 6.26. The van der Waals surface area contributed by atoms with Crippen molar-refractivity contribution in [2.45, 2.75) is 44.8 Å². The molecule has 0 unspecified atom stereocenters. The van der Waals surface area contributed by atoms with Gasteiger partial charge in [0.2, 0.25) is 0 Å².